The zero-order chi connectivity index (χ0) is 26.3. The number of ether oxygens (including phenoxy) is 1. The Morgan fingerprint density at radius 2 is 2.08 bits per heavy atom. The number of nitriles is 1. The number of hydrogen-bond acceptors (Lipinski definition) is 6. The minimum Gasteiger partial charge on any atom is -0.383 e. The molecule has 1 amide bonds. The second-order valence-electron chi connectivity index (χ2n) is 8.83. The molecule has 4 aromatic rings. The molecule has 0 saturated heterocycles. The Hall–Kier alpha value is -4.18. The lowest BCUT2D eigenvalue weighted by Crippen LogP contribution is -2.26. The molecule has 5 rings (SSSR count). The average Bonchev–Trinajstić information content (AvgIpc) is 3.56. The minimum absolute atomic E-state index is 0.0902. The van der Waals surface area contributed by atoms with Crippen molar-refractivity contribution in [3.63, 3.8) is 0 Å². The molecule has 0 radical (unpaired) electrons. The van der Waals surface area contributed by atoms with Crippen LogP contribution in [0.5, 0.6) is 0 Å². The van der Waals surface area contributed by atoms with Crippen molar-refractivity contribution >= 4 is 16.9 Å². The van der Waals surface area contributed by atoms with Gasteiger partial charge < -0.3 is 14.6 Å². The van der Waals surface area contributed by atoms with Gasteiger partial charge in [-0.25, -0.2) is 4.98 Å². The predicted molar refractivity (Wildman–Crippen MR) is 126 cm³/mol. The third-order valence-electron chi connectivity index (χ3n) is 6.37. The second-order valence-corrected chi connectivity index (χ2v) is 8.83. The lowest BCUT2D eigenvalue weighted by atomic mass is 10.0. The molecule has 37 heavy (non-hydrogen) atoms. The summed E-state index contributed by atoms with van der Waals surface area (Å²) in [4.78, 5) is 21.7. The van der Waals surface area contributed by atoms with Gasteiger partial charge in [-0.1, -0.05) is 0 Å². The third kappa shape index (κ3) is 4.44. The van der Waals surface area contributed by atoms with Crippen LogP contribution < -0.4 is 0 Å². The minimum atomic E-state index is -4.68. The van der Waals surface area contributed by atoms with Gasteiger partial charge in [0.25, 0.3) is 0 Å². The molecule has 10 nitrogen and oxygen atoms in total. The molecule has 0 unspecified atom stereocenters. The van der Waals surface area contributed by atoms with E-state index in [4.69, 9.17) is 4.74 Å². The normalized spacial score (nSPS) is 14.5. The summed E-state index contributed by atoms with van der Waals surface area (Å²) in [6.07, 6.45) is 0.0982. The van der Waals surface area contributed by atoms with Gasteiger partial charge in [0.2, 0.25) is 5.91 Å². The highest BCUT2D eigenvalue weighted by Gasteiger charge is 2.38. The fourth-order valence-corrected chi connectivity index (χ4v) is 4.58. The van der Waals surface area contributed by atoms with Crippen molar-refractivity contribution in [2.75, 3.05) is 20.8 Å². The molecule has 5 heterocycles. The zero-order valence-corrected chi connectivity index (χ0v) is 20.1. The van der Waals surface area contributed by atoms with E-state index in [-0.39, 0.29) is 42.2 Å². The molecule has 1 aliphatic heterocycles. The van der Waals surface area contributed by atoms with Crippen molar-refractivity contribution in [1.29, 1.82) is 5.26 Å². The molecule has 0 fully saturated rings. The number of rotatable bonds is 3. The first-order valence-electron chi connectivity index (χ1n) is 11.6. The Morgan fingerprint density at radius 3 is 2.81 bits per heavy atom. The summed E-state index contributed by atoms with van der Waals surface area (Å²) in [5.74, 6) is -0.200. The fourth-order valence-electron chi connectivity index (χ4n) is 4.58. The van der Waals surface area contributed by atoms with Crippen LogP contribution in [0.1, 0.15) is 29.9 Å². The summed E-state index contributed by atoms with van der Waals surface area (Å²) in [5, 5.41) is 18.9. The Balaban J connectivity index is 1.77. The van der Waals surface area contributed by atoms with Crippen LogP contribution in [0.2, 0.25) is 0 Å². The van der Waals surface area contributed by atoms with E-state index in [1.165, 1.54) is 33.8 Å². The molecule has 13 heteroatoms. The number of nitrogens with one attached hydrogen (secondary N) is 1. The summed E-state index contributed by atoms with van der Waals surface area (Å²) in [5.41, 5.74) is 1.29. The standard InChI is InChI=1S/C24H23F3N8O2/c1-33-13-18-21(19(9-28)35(31-18)6-7-37-2)14-8-15-16(11-30-23(15)29-10-14)17-12-34(5-3-4-20(33)36)32-22(17)24(25,26)27/h8,10-12H,3-7,13H2,1-2H3,(H,29,30). The predicted octanol–water partition coefficient (Wildman–Crippen LogP) is 3.58. The van der Waals surface area contributed by atoms with E-state index in [1.54, 1.807) is 19.3 Å². The Bertz CT molecular complexity index is 1530. The first-order valence-corrected chi connectivity index (χ1v) is 11.6. The largest absolute Gasteiger partial charge is 0.435 e. The summed E-state index contributed by atoms with van der Waals surface area (Å²) < 4.78 is 49.7. The molecule has 0 atom stereocenters. The monoisotopic (exact) mass is 512 g/mol. The van der Waals surface area contributed by atoms with Crippen LogP contribution in [0.4, 0.5) is 13.2 Å². The number of halogens is 3. The maximum absolute atomic E-state index is 13.9. The zero-order valence-electron chi connectivity index (χ0n) is 20.1. The Labute approximate surface area is 209 Å². The van der Waals surface area contributed by atoms with Crippen LogP contribution in [0.25, 0.3) is 33.3 Å². The number of alkyl halides is 3. The summed E-state index contributed by atoms with van der Waals surface area (Å²) in [6.45, 7) is 0.908. The number of amides is 1. The second kappa shape index (κ2) is 9.36. The van der Waals surface area contributed by atoms with E-state index in [0.29, 0.717) is 47.4 Å². The molecule has 0 aromatic carbocycles. The summed E-state index contributed by atoms with van der Waals surface area (Å²) in [7, 11) is 3.17. The van der Waals surface area contributed by atoms with Gasteiger partial charge in [0, 0.05) is 73.4 Å². The van der Waals surface area contributed by atoms with Gasteiger partial charge >= 0.3 is 6.18 Å². The number of aryl methyl sites for hydroxylation is 1. The topological polar surface area (TPSA) is 118 Å². The van der Waals surface area contributed by atoms with Gasteiger partial charge in [0.15, 0.2) is 5.69 Å². The molecule has 0 saturated carbocycles. The molecular weight excluding hydrogens is 489 g/mol. The summed E-state index contributed by atoms with van der Waals surface area (Å²) >= 11 is 0. The SMILES string of the molecule is COCCn1nc2c(c1C#N)-c1cnc3[nH]cc(c3c1)-c1cn(nc1C(F)(F)F)CCCC(=O)N(C)C2. The van der Waals surface area contributed by atoms with E-state index in [1.807, 2.05) is 0 Å². The van der Waals surface area contributed by atoms with E-state index in [2.05, 4.69) is 26.2 Å². The first kappa shape index (κ1) is 24.5. The molecule has 4 bridgehead atoms. The number of carbonyl (C=O) groups is 1. The molecular formula is C24H23F3N8O2. The van der Waals surface area contributed by atoms with Crippen molar-refractivity contribution in [2.45, 2.75) is 38.7 Å². The van der Waals surface area contributed by atoms with E-state index in [9.17, 15) is 23.2 Å². The van der Waals surface area contributed by atoms with Crippen LogP contribution in [-0.2, 0) is 35.3 Å². The number of pyridine rings is 1. The van der Waals surface area contributed by atoms with Crippen LogP contribution in [0.3, 0.4) is 0 Å². The van der Waals surface area contributed by atoms with Gasteiger partial charge in [0.05, 0.1) is 25.4 Å². The van der Waals surface area contributed by atoms with Crippen LogP contribution in [0.15, 0.2) is 24.7 Å². The fraction of sp³-hybridized carbons (Fsp3) is 0.375. The van der Waals surface area contributed by atoms with Crippen LogP contribution in [-0.4, -0.2) is 61.1 Å². The van der Waals surface area contributed by atoms with Crippen molar-refractivity contribution in [3.8, 4) is 28.3 Å². The van der Waals surface area contributed by atoms with Gasteiger partial charge in [-0.15, -0.1) is 0 Å². The summed E-state index contributed by atoms with van der Waals surface area (Å²) in [6, 6.07) is 3.87. The maximum atomic E-state index is 13.9. The number of H-pyrrole nitrogens is 1. The highest BCUT2D eigenvalue weighted by atomic mass is 19.4. The lowest BCUT2D eigenvalue weighted by Gasteiger charge is -2.17. The van der Waals surface area contributed by atoms with E-state index < -0.39 is 11.9 Å². The highest BCUT2D eigenvalue weighted by molar-refractivity contribution is 5.96. The van der Waals surface area contributed by atoms with Crippen LogP contribution >= 0.6 is 0 Å². The van der Waals surface area contributed by atoms with Crippen molar-refractivity contribution in [2.24, 2.45) is 0 Å². The van der Waals surface area contributed by atoms with Crippen LogP contribution in [0, 0.1) is 11.3 Å². The van der Waals surface area contributed by atoms with Gasteiger partial charge in [0.1, 0.15) is 17.4 Å². The van der Waals surface area contributed by atoms with E-state index in [0.717, 1.165) is 0 Å². The van der Waals surface area contributed by atoms with Gasteiger partial charge in [-0.2, -0.15) is 28.6 Å². The molecule has 0 spiro atoms. The molecule has 1 aliphatic rings. The van der Waals surface area contributed by atoms with E-state index >= 15 is 0 Å². The number of fused-ring (bicyclic) bond motifs is 6. The van der Waals surface area contributed by atoms with Crippen molar-refractivity contribution in [1.82, 2.24) is 34.4 Å². The smallest absolute Gasteiger partial charge is 0.383 e. The lowest BCUT2D eigenvalue weighted by molar-refractivity contribution is -0.141. The maximum Gasteiger partial charge on any atom is 0.435 e. The molecule has 192 valence electrons. The first-order chi connectivity index (χ1) is 17.7. The number of aromatic nitrogens is 6. The third-order valence-corrected chi connectivity index (χ3v) is 6.37. The Kier molecular flexibility index (Phi) is 6.20. The number of carbonyl (C=O) groups excluding carboxylic acids is 1. The molecule has 1 N–H and O–H groups in total. The number of aromatic amines is 1. The van der Waals surface area contributed by atoms with Crippen molar-refractivity contribution < 1.29 is 22.7 Å². The van der Waals surface area contributed by atoms with Crippen molar-refractivity contribution in [3.05, 3.63) is 41.7 Å². The highest BCUT2D eigenvalue weighted by Crippen LogP contribution is 2.40. The quantitative estimate of drug-likeness (QED) is 0.448. The average molecular weight is 512 g/mol. The van der Waals surface area contributed by atoms with Gasteiger partial charge in [-0.3, -0.25) is 14.2 Å². The number of nitrogens with zero attached hydrogens (tertiary/aromatic N) is 7. The number of methoxy groups -OCH3 is 1. The number of hydrogen-bond donors (Lipinski definition) is 1. The molecule has 4 aromatic heterocycles. The van der Waals surface area contributed by atoms with Gasteiger partial charge in [-0.05, 0) is 12.5 Å². The Morgan fingerprint density at radius 1 is 1.27 bits per heavy atom. The molecule has 0 aliphatic carbocycles.